The van der Waals surface area contributed by atoms with Gasteiger partial charge in [-0.3, -0.25) is 10.4 Å². The lowest BCUT2D eigenvalue weighted by Crippen LogP contribution is -1.93. The second-order valence-corrected chi connectivity index (χ2v) is 1.73. The standard InChI is InChI=1S/C4H8O.H3NO2/c5-3-4-1-2-4;2-1-3/h4-5H,1-3H2;1-3H. The fourth-order valence-electron chi connectivity index (χ4n) is 0.300. The highest BCUT2D eigenvalue weighted by molar-refractivity contribution is 4.70. The zero-order valence-corrected chi connectivity index (χ0v) is 4.54. The fourth-order valence-corrected chi connectivity index (χ4v) is 0.300. The van der Waals surface area contributed by atoms with E-state index in [2.05, 4.69) is 0 Å². The minimum absolute atomic E-state index is 0.417. The molecule has 0 saturated heterocycles. The van der Waals surface area contributed by atoms with Crippen molar-refractivity contribution in [2.45, 2.75) is 12.8 Å². The van der Waals surface area contributed by atoms with Gasteiger partial charge < -0.3 is 5.11 Å². The van der Waals surface area contributed by atoms with Gasteiger partial charge in [0.05, 0.1) is 0 Å². The summed E-state index contributed by atoms with van der Waals surface area (Å²) in [6, 6.07) is 0. The second kappa shape index (κ2) is 4.99. The smallest absolute Gasteiger partial charge is 0.0459 e. The van der Waals surface area contributed by atoms with Crippen molar-refractivity contribution in [2.24, 2.45) is 5.92 Å². The quantitative estimate of drug-likeness (QED) is 0.361. The van der Waals surface area contributed by atoms with Crippen LogP contribution < -0.4 is 5.64 Å². The lowest BCUT2D eigenvalue weighted by molar-refractivity contribution is -0.0678. The molecule has 4 nitrogen and oxygen atoms in total. The molecule has 0 aliphatic heterocycles. The molecule has 0 aromatic rings. The summed E-state index contributed by atoms with van der Waals surface area (Å²) in [6.07, 6.45) is 2.52. The Bertz CT molecular complexity index is 46.5. The van der Waals surface area contributed by atoms with Gasteiger partial charge in [-0.2, -0.15) is 0 Å². The molecule has 4 heteroatoms. The van der Waals surface area contributed by atoms with Crippen molar-refractivity contribution in [3.05, 3.63) is 0 Å². The largest absolute Gasteiger partial charge is 0.396 e. The topological polar surface area (TPSA) is 72.7 Å². The van der Waals surface area contributed by atoms with E-state index >= 15 is 0 Å². The van der Waals surface area contributed by atoms with Crippen LogP contribution >= 0.6 is 0 Å². The average Bonchev–Trinajstić information content (AvgIpc) is 2.48. The van der Waals surface area contributed by atoms with Gasteiger partial charge in [0.15, 0.2) is 0 Å². The monoisotopic (exact) mass is 121 g/mol. The molecule has 1 rings (SSSR count). The number of aliphatic hydroxyl groups is 1. The highest BCUT2D eigenvalue weighted by Crippen LogP contribution is 2.27. The number of hydrogen-bond donors (Lipinski definition) is 4. The maximum absolute atomic E-state index is 8.21. The van der Waals surface area contributed by atoms with E-state index in [1.54, 1.807) is 0 Å². The summed E-state index contributed by atoms with van der Waals surface area (Å²) in [5.41, 5.74) is 0.750. The number of rotatable bonds is 1. The molecule has 0 aromatic carbocycles. The van der Waals surface area contributed by atoms with Crippen LogP contribution in [0.25, 0.3) is 0 Å². The predicted molar refractivity (Wildman–Crippen MR) is 26.5 cm³/mol. The van der Waals surface area contributed by atoms with E-state index in [4.69, 9.17) is 15.5 Å². The van der Waals surface area contributed by atoms with Crippen molar-refractivity contribution in [2.75, 3.05) is 6.61 Å². The molecule has 0 spiro atoms. The van der Waals surface area contributed by atoms with Crippen LogP contribution in [0.5, 0.6) is 0 Å². The maximum Gasteiger partial charge on any atom is 0.0459 e. The van der Waals surface area contributed by atoms with E-state index in [0.29, 0.717) is 12.5 Å². The van der Waals surface area contributed by atoms with Gasteiger partial charge in [0, 0.05) is 6.61 Å². The first-order chi connectivity index (χ1) is 3.85. The van der Waals surface area contributed by atoms with Gasteiger partial charge >= 0.3 is 0 Å². The Morgan fingerprint density at radius 3 is 1.75 bits per heavy atom. The molecule has 0 bridgehead atoms. The van der Waals surface area contributed by atoms with E-state index in [-0.39, 0.29) is 0 Å². The minimum Gasteiger partial charge on any atom is -0.396 e. The maximum atomic E-state index is 8.21. The molecular formula is C4H11NO3. The van der Waals surface area contributed by atoms with Gasteiger partial charge in [-0.15, -0.1) is 0 Å². The van der Waals surface area contributed by atoms with Crippen LogP contribution in [0.3, 0.4) is 0 Å². The van der Waals surface area contributed by atoms with E-state index < -0.39 is 0 Å². The third-order valence-corrected chi connectivity index (χ3v) is 0.955. The third kappa shape index (κ3) is 5.84. The number of aliphatic hydroxyl groups excluding tert-OH is 1. The molecule has 0 aromatic heterocycles. The van der Waals surface area contributed by atoms with Crippen LogP contribution in [0.1, 0.15) is 12.8 Å². The van der Waals surface area contributed by atoms with Gasteiger partial charge in [0.1, 0.15) is 0 Å². The first-order valence-electron chi connectivity index (χ1n) is 2.49. The Morgan fingerprint density at radius 2 is 1.75 bits per heavy atom. The number of nitrogens with one attached hydrogen (secondary N) is 1. The van der Waals surface area contributed by atoms with E-state index in [1.807, 2.05) is 0 Å². The Morgan fingerprint density at radius 1 is 1.38 bits per heavy atom. The van der Waals surface area contributed by atoms with Crippen LogP contribution in [0.2, 0.25) is 0 Å². The number of hydrogen-bond acceptors (Lipinski definition) is 4. The summed E-state index contributed by atoms with van der Waals surface area (Å²) in [4.78, 5) is 0. The van der Waals surface area contributed by atoms with Crippen molar-refractivity contribution in [3.8, 4) is 0 Å². The molecule has 4 N–H and O–H groups in total. The summed E-state index contributed by atoms with van der Waals surface area (Å²) in [6.45, 7) is 0.417. The first-order valence-corrected chi connectivity index (χ1v) is 2.49. The minimum atomic E-state index is 0.417. The molecule has 1 aliphatic carbocycles. The van der Waals surface area contributed by atoms with Gasteiger partial charge in [0.25, 0.3) is 0 Å². The van der Waals surface area contributed by atoms with Crippen molar-refractivity contribution < 1.29 is 15.5 Å². The van der Waals surface area contributed by atoms with Gasteiger partial charge in [0.2, 0.25) is 0 Å². The molecule has 1 saturated carbocycles. The van der Waals surface area contributed by atoms with Crippen LogP contribution in [0.4, 0.5) is 0 Å². The lowest BCUT2D eigenvalue weighted by atomic mass is 10.5. The van der Waals surface area contributed by atoms with Crippen LogP contribution in [-0.2, 0) is 0 Å². The summed E-state index contributed by atoms with van der Waals surface area (Å²) in [5.74, 6) is 0.690. The Labute approximate surface area is 47.7 Å². The average molecular weight is 121 g/mol. The molecule has 1 fully saturated rings. The molecule has 0 amide bonds. The third-order valence-electron chi connectivity index (χ3n) is 0.955. The molecule has 0 heterocycles. The summed E-state index contributed by atoms with van der Waals surface area (Å²) in [5, 5.41) is 22.0. The van der Waals surface area contributed by atoms with E-state index in [0.717, 1.165) is 5.64 Å². The Balaban J connectivity index is 0.000000145. The van der Waals surface area contributed by atoms with Crippen molar-refractivity contribution in [1.82, 2.24) is 5.64 Å². The Hall–Kier alpha value is -0.160. The molecular weight excluding hydrogens is 110 g/mol. The molecule has 8 heavy (non-hydrogen) atoms. The zero-order chi connectivity index (χ0) is 6.41. The van der Waals surface area contributed by atoms with Gasteiger partial charge in [-0.25, -0.2) is 0 Å². The van der Waals surface area contributed by atoms with Crippen molar-refractivity contribution in [1.29, 1.82) is 0 Å². The van der Waals surface area contributed by atoms with Gasteiger partial charge in [-0.1, -0.05) is 5.64 Å². The molecule has 0 atom stereocenters. The highest BCUT2D eigenvalue weighted by Gasteiger charge is 2.18. The first kappa shape index (κ1) is 7.84. The normalized spacial score (nSPS) is 16.9. The Kier molecular flexibility index (Phi) is 4.89. The second-order valence-electron chi connectivity index (χ2n) is 1.73. The molecule has 1 aliphatic rings. The summed E-state index contributed by atoms with van der Waals surface area (Å²) < 4.78 is 0. The lowest BCUT2D eigenvalue weighted by Gasteiger charge is -1.73. The van der Waals surface area contributed by atoms with Gasteiger partial charge in [-0.05, 0) is 18.8 Å². The van der Waals surface area contributed by atoms with Crippen LogP contribution in [0.15, 0.2) is 0 Å². The van der Waals surface area contributed by atoms with Crippen LogP contribution in [0, 0.1) is 5.92 Å². The summed E-state index contributed by atoms with van der Waals surface area (Å²) in [7, 11) is 0. The van der Waals surface area contributed by atoms with Crippen molar-refractivity contribution in [3.63, 3.8) is 0 Å². The molecule has 0 radical (unpaired) electrons. The predicted octanol–water partition coefficient (Wildman–Crippen LogP) is -0.257. The fraction of sp³-hybridized carbons (Fsp3) is 1.00. The summed E-state index contributed by atoms with van der Waals surface area (Å²) >= 11 is 0. The van der Waals surface area contributed by atoms with E-state index in [1.165, 1.54) is 12.8 Å². The van der Waals surface area contributed by atoms with E-state index in [9.17, 15) is 0 Å². The zero-order valence-electron chi connectivity index (χ0n) is 4.54. The molecule has 50 valence electrons. The highest BCUT2D eigenvalue weighted by atomic mass is 16.7. The SMILES string of the molecule is OCC1CC1.ONO. The molecule has 0 unspecified atom stereocenters. The van der Waals surface area contributed by atoms with Crippen molar-refractivity contribution >= 4 is 0 Å². The van der Waals surface area contributed by atoms with Crippen LogP contribution in [-0.4, -0.2) is 22.1 Å².